The Morgan fingerprint density at radius 1 is 0.814 bits per heavy atom. The number of rotatable bonds is 9. The second-order valence-corrected chi connectivity index (χ2v) is 12.3. The Morgan fingerprint density at radius 3 is 2.09 bits per heavy atom. The molecule has 0 spiro atoms. The minimum atomic E-state index is -4.00. The first-order valence-corrected chi connectivity index (χ1v) is 15.2. The average molecular weight is 661 g/mol. The predicted octanol–water partition coefficient (Wildman–Crippen LogP) is 6.64. The van der Waals surface area contributed by atoms with Gasteiger partial charge in [-0.1, -0.05) is 71.2 Å². The first-order valence-electron chi connectivity index (χ1n) is 12.6. The van der Waals surface area contributed by atoms with Crippen LogP contribution in [0.5, 0.6) is 0 Å². The van der Waals surface area contributed by atoms with Crippen LogP contribution in [-0.4, -0.2) is 39.5 Å². The number of amides is 3. The zero-order valence-electron chi connectivity index (χ0n) is 22.4. The first-order chi connectivity index (χ1) is 20.5. The van der Waals surface area contributed by atoms with Crippen LogP contribution < -0.4 is 16.0 Å². The Kier molecular flexibility index (Phi) is 10.3. The Morgan fingerprint density at radius 2 is 1.47 bits per heavy atom. The highest BCUT2D eigenvalue weighted by molar-refractivity contribution is 7.91. The van der Waals surface area contributed by atoms with Crippen molar-refractivity contribution in [3.8, 4) is 0 Å². The fourth-order valence-electron chi connectivity index (χ4n) is 4.08. The number of methoxy groups -OCH3 is 1. The molecule has 0 aromatic heterocycles. The standard InChI is InChI=1S/C30H24Cl3N3O6S/c1-42-29(38)25(16-18-10-13-20(14-11-18)34-28(37)27-22(32)8-5-9-23(27)33)36-30(39)35-24-17-19(31)12-15-26(24)43(40,41)21-6-3-2-4-7-21/h2-15,17,25H,16H2,1H3,(H,34,37)(H2,35,36,39)/t25-/m0/s1. The van der Waals surface area contributed by atoms with E-state index in [0.29, 0.717) is 11.3 Å². The van der Waals surface area contributed by atoms with Crippen LogP contribution in [0.4, 0.5) is 16.2 Å². The number of halogens is 3. The van der Waals surface area contributed by atoms with Crippen LogP contribution in [0.2, 0.25) is 15.1 Å². The van der Waals surface area contributed by atoms with Crippen LogP contribution in [0, 0.1) is 0 Å². The summed E-state index contributed by atoms with van der Waals surface area (Å²) in [7, 11) is -2.83. The van der Waals surface area contributed by atoms with Crippen LogP contribution in [0.3, 0.4) is 0 Å². The lowest BCUT2D eigenvalue weighted by molar-refractivity contribution is -0.142. The third-order valence-electron chi connectivity index (χ3n) is 6.17. The second kappa shape index (κ2) is 13.9. The van der Waals surface area contributed by atoms with Crippen molar-refractivity contribution in [2.45, 2.75) is 22.3 Å². The normalized spacial score (nSPS) is 11.7. The Labute approximate surface area is 263 Å². The number of benzene rings is 4. The largest absolute Gasteiger partial charge is 0.467 e. The molecule has 0 aliphatic heterocycles. The van der Waals surface area contributed by atoms with Crippen LogP contribution in [-0.2, 0) is 25.8 Å². The lowest BCUT2D eigenvalue weighted by Gasteiger charge is -2.18. The highest BCUT2D eigenvalue weighted by Crippen LogP contribution is 2.30. The quantitative estimate of drug-likeness (QED) is 0.173. The molecule has 0 radical (unpaired) electrons. The maximum atomic E-state index is 13.2. The number of urea groups is 1. The summed E-state index contributed by atoms with van der Waals surface area (Å²) < 4.78 is 31.3. The van der Waals surface area contributed by atoms with Crippen LogP contribution in [0.25, 0.3) is 0 Å². The third kappa shape index (κ3) is 7.85. The molecule has 0 bridgehead atoms. The maximum Gasteiger partial charge on any atom is 0.328 e. The van der Waals surface area contributed by atoms with Crippen molar-refractivity contribution in [2.24, 2.45) is 0 Å². The first kappa shape index (κ1) is 31.8. The molecule has 0 heterocycles. The molecule has 0 unspecified atom stereocenters. The van der Waals surface area contributed by atoms with Gasteiger partial charge in [0, 0.05) is 17.1 Å². The Balaban J connectivity index is 1.48. The highest BCUT2D eigenvalue weighted by Gasteiger charge is 2.26. The number of sulfone groups is 1. The molecule has 4 aromatic carbocycles. The molecular weight excluding hydrogens is 637 g/mol. The van der Waals surface area contributed by atoms with Crippen molar-refractivity contribution in [3.63, 3.8) is 0 Å². The summed E-state index contributed by atoms with van der Waals surface area (Å²) in [6.45, 7) is 0. The molecule has 3 amide bonds. The van der Waals surface area contributed by atoms with Crippen molar-refractivity contribution in [1.29, 1.82) is 0 Å². The zero-order chi connectivity index (χ0) is 31.1. The van der Waals surface area contributed by atoms with E-state index in [-0.39, 0.29) is 42.5 Å². The molecule has 0 saturated carbocycles. The average Bonchev–Trinajstić information content (AvgIpc) is 2.97. The summed E-state index contributed by atoms with van der Waals surface area (Å²) in [6.07, 6.45) is 0.0232. The summed E-state index contributed by atoms with van der Waals surface area (Å²) in [5, 5.41) is 8.31. The molecule has 222 valence electrons. The van der Waals surface area contributed by atoms with Gasteiger partial charge in [0.1, 0.15) is 6.04 Å². The summed E-state index contributed by atoms with van der Waals surface area (Å²) in [5.41, 5.74) is 1.13. The highest BCUT2D eigenvalue weighted by atomic mass is 35.5. The fraction of sp³-hybridized carbons (Fsp3) is 0.100. The molecule has 0 aliphatic rings. The van der Waals surface area contributed by atoms with E-state index in [0.717, 1.165) is 0 Å². The van der Waals surface area contributed by atoms with Crippen LogP contribution in [0.15, 0.2) is 101 Å². The van der Waals surface area contributed by atoms with Gasteiger partial charge < -0.3 is 20.7 Å². The SMILES string of the molecule is COC(=O)[C@H](Cc1ccc(NC(=O)c2c(Cl)cccc2Cl)cc1)NC(=O)Nc1cc(Cl)ccc1S(=O)(=O)c1ccccc1. The number of carbonyl (C=O) groups excluding carboxylic acids is 3. The van der Waals surface area contributed by atoms with Gasteiger partial charge in [0.2, 0.25) is 9.84 Å². The van der Waals surface area contributed by atoms with E-state index in [2.05, 4.69) is 16.0 Å². The van der Waals surface area contributed by atoms with Gasteiger partial charge >= 0.3 is 12.0 Å². The lowest BCUT2D eigenvalue weighted by Crippen LogP contribution is -2.45. The van der Waals surface area contributed by atoms with Gasteiger partial charge in [-0.25, -0.2) is 18.0 Å². The van der Waals surface area contributed by atoms with Crippen molar-refractivity contribution >= 4 is 73.9 Å². The number of ether oxygens (including phenoxy) is 1. The molecular formula is C30H24Cl3N3O6S. The minimum Gasteiger partial charge on any atom is -0.467 e. The number of carbonyl (C=O) groups is 3. The number of esters is 1. The van der Waals surface area contributed by atoms with Gasteiger partial charge in [-0.2, -0.15) is 0 Å². The molecule has 43 heavy (non-hydrogen) atoms. The van der Waals surface area contributed by atoms with Crippen molar-refractivity contribution in [1.82, 2.24) is 5.32 Å². The molecule has 4 rings (SSSR count). The predicted molar refractivity (Wildman–Crippen MR) is 166 cm³/mol. The summed E-state index contributed by atoms with van der Waals surface area (Å²) in [5.74, 6) is -1.23. The molecule has 13 heteroatoms. The van der Waals surface area contributed by atoms with Gasteiger partial charge in [0.25, 0.3) is 5.91 Å². The number of nitrogens with one attached hydrogen (secondary N) is 3. The molecule has 9 nitrogen and oxygen atoms in total. The maximum absolute atomic E-state index is 13.2. The summed E-state index contributed by atoms with van der Waals surface area (Å²) >= 11 is 18.3. The number of anilines is 2. The lowest BCUT2D eigenvalue weighted by atomic mass is 10.1. The zero-order valence-corrected chi connectivity index (χ0v) is 25.5. The monoisotopic (exact) mass is 659 g/mol. The Bertz CT molecular complexity index is 1750. The van der Waals surface area contributed by atoms with Gasteiger partial charge in [0.15, 0.2) is 0 Å². The Hall–Kier alpha value is -4.09. The van der Waals surface area contributed by atoms with E-state index in [9.17, 15) is 22.8 Å². The van der Waals surface area contributed by atoms with Crippen LogP contribution in [0.1, 0.15) is 15.9 Å². The molecule has 0 saturated heterocycles. The van der Waals surface area contributed by atoms with Crippen molar-refractivity contribution < 1.29 is 27.5 Å². The second-order valence-electron chi connectivity index (χ2n) is 9.08. The van der Waals surface area contributed by atoms with E-state index in [1.807, 2.05) is 0 Å². The smallest absolute Gasteiger partial charge is 0.328 e. The van der Waals surface area contributed by atoms with Crippen LogP contribution >= 0.6 is 34.8 Å². The van der Waals surface area contributed by atoms with Gasteiger partial charge in [-0.15, -0.1) is 0 Å². The molecule has 4 aromatic rings. The third-order valence-corrected chi connectivity index (χ3v) is 8.86. The van der Waals surface area contributed by atoms with Gasteiger partial charge in [-0.3, -0.25) is 4.79 Å². The minimum absolute atomic E-state index is 0.0232. The molecule has 1 atom stereocenters. The van der Waals surface area contributed by atoms with E-state index < -0.39 is 33.8 Å². The molecule has 0 aliphatic carbocycles. The van der Waals surface area contributed by atoms with Crippen molar-refractivity contribution in [2.75, 3.05) is 17.7 Å². The number of hydrogen-bond donors (Lipinski definition) is 3. The van der Waals surface area contributed by atoms with Crippen molar-refractivity contribution in [3.05, 3.63) is 117 Å². The van der Waals surface area contributed by atoms with Gasteiger partial charge in [0.05, 0.1) is 38.2 Å². The van der Waals surface area contributed by atoms with E-state index in [4.69, 9.17) is 39.5 Å². The topological polar surface area (TPSA) is 131 Å². The summed E-state index contributed by atoms with van der Waals surface area (Å²) in [6, 6.07) is 21.0. The summed E-state index contributed by atoms with van der Waals surface area (Å²) in [4.78, 5) is 38.0. The molecule has 0 fully saturated rings. The van der Waals surface area contributed by atoms with E-state index in [1.54, 1.807) is 60.7 Å². The fourth-order valence-corrected chi connectivity index (χ4v) is 6.24. The molecule has 3 N–H and O–H groups in total. The van der Waals surface area contributed by atoms with E-state index in [1.165, 1.54) is 37.4 Å². The number of hydrogen-bond acceptors (Lipinski definition) is 6. The van der Waals surface area contributed by atoms with E-state index >= 15 is 0 Å². The van der Waals surface area contributed by atoms with Gasteiger partial charge in [-0.05, 0) is 60.2 Å².